The van der Waals surface area contributed by atoms with Gasteiger partial charge < -0.3 is 5.32 Å². The van der Waals surface area contributed by atoms with E-state index in [4.69, 9.17) is 0 Å². The minimum Gasteiger partial charge on any atom is -0.330 e. The summed E-state index contributed by atoms with van der Waals surface area (Å²) in [5.41, 5.74) is 0.742. The van der Waals surface area contributed by atoms with Crippen LogP contribution in [0.3, 0.4) is 0 Å². The summed E-state index contributed by atoms with van der Waals surface area (Å²) < 4.78 is 13.6. The van der Waals surface area contributed by atoms with Crippen LogP contribution in [0.25, 0.3) is 0 Å². The lowest BCUT2D eigenvalue weighted by Gasteiger charge is -2.00. The average molecular weight is 380 g/mol. The van der Waals surface area contributed by atoms with E-state index in [-0.39, 0.29) is 11.6 Å². The van der Waals surface area contributed by atoms with Crippen LogP contribution < -0.4 is 5.32 Å². The quantitative estimate of drug-likeness (QED) is 0.461. The van der Waals surface area contributed by atoms with E-state index in [9.17, 15) is 9.18 Å². The Hall–Kier alpha value is -1.77. The molecular formula is C16H14FN3OS3. The van der Waals surface area contributed by atoms with E-state index in [0.717, 1.165) is 21.3 Å². The van der Waals surface area contributed by atoms with E-state index in [1.54, 1.807) is 23.5 Å². The number of nitrogens with one attached hydrogen (secondary N) is 1. The Bertz CT molecular complexity index is 829. The summed E-state index contributed by atoms with van der Waals surface area (Å²) in [4.78, 5) is 14.2. The smallest absolute Gasteiger partial charge is 0.210 e. The molecule has 0 fully saturated rings. The number of thiophene rings is 1. The van der Waals surface area contributed by atoms with Gasteiger partial charge in [0.05, 0.1) is 10.6 Å². The van der Waals surface area contributed by atoms with Gasteiger partial charge in [-0.25, -0.2) is 4.39 Å². The maximum absolute atomic E-state index is 12.9. The fourth-order valence-corrected chi connectivity index (χ4v) is 4.52. The Morgan fingerprint density at radius 1 is 1.17 bits per heavy atom. The highest BCUT2D eigenvalue weighted by Gasteiger charge is 2.12. The van der Waals surface area contributed by atoms with Crippen LogP contribution in [-0.2, 0) is 6.42 Å². The largest absolute Gasteiger partial charge is 0.330 e. The molecule has 3 rings (SSSR count). The van der Waals surface area contributed by atoms with Gasteiger partial charge in [0.2, 0.25) is 5.13 Å². The van der Waals surface area contributed by atoms with Gasteiger partial charge in [-0.2, -0.15) is 0 Å². The van der Waals surface area contributed by atoms with Crippen LogP contribution in [-0.4, -0.2) is 21.7 Å². The first-order valence-electron chi connectivity index (χ1n) is 7.25. The Morgan fingerprint density at radius 3 is 2.67 bits per heavy atom. The molecule has 8 heteroatoms. The number of hydrogen-bond donors (Lipinski definition) is 1. The molecule has 0 spiro atoms. The van der Waals surface area contributed by atoms with Crippen LogP contribution in [0.4, 0.5) is 15.2 Å². The number of carbonyl (C=O) groups excluding carboxylic acids is 1. The van der Waals surface area contributed by atoms with Gasteiger partial charge in [0.15, 0.2) is 10.1 Å². The second kappa shape index (κ2) is 7.87. The number of rotatable bonds is 7. The molecule has 24 heavy (non-hydrogen) atoms. The molecule has 0 aliphatic rings. The Kier molecular flexibility index (Phi) is 5.60. The minimum absolute atomic E-state index is 0.105. The monoisotopic (exact) mass is 379 g/mol. The fraction of sp³-hybridized carbons (Fsp3) is 0.188. The molecule has 2 heterocycles. The summed E-state index contributed by atoms with van der Waals surface area (Å²) >= 11 is 4.29. The first-order chi connectivity index (χ1) is 11.6. The van der Waals surface area contributed by atoms with Gasteiger partial charge >= 0.3 is 0 Å². The lowest BCUT2D eigenvalue weighted by molar-refractivity contribution is 0.102. The summed E-state index contributed by atoms with van der Waals surface area (Å²) in [5, 5.41) is 11.8. The number of benzene rings is 1. The summed E-state index contributed by atoms with van der Waals surface area (Å²) in [6.07, 6.45) is 0.944. The molecule has 0 amide bonds. The maximum atomic E-state index is 12.9. The van der Waals surface area contributed by atoms with Gasteiger partial charge in [-0.1, -0.05) is 30.0 Å². The van der Waals surface area contributed by atoms with Crippen LogP contribution in [0.5, 0.6) is 0 Å². The summed E-state index contributed by atoms with van der Waals surface area (Å²) in [5.74, 6) is 0.162. The molecule has 0 aliphatic heterocycles. The van der Waals surface area contributed by atoms with Crippen molar-refractivity contribution in [3.8, 4) is 0 Å². The van der Waals surface area contributed by atoms with E-state index >= 15 is 0 Å². The Balaban J connectivity index is 1.55. The molecule has 0 saturated heterocycles. The van der Waals surface area contributed by atoms with Crippen molar-refractivity contribution in [2.45, 2.75) is 17.7 Å². The summed E-state index contributed by atoms with van der Waals surface area (Å²) in [6, 6.07) is 9.91. The molecule has 0 aliphatic carbocycles. The molecule has 0 saturated carbocycles. The number of aromatic nitrogens is 2. The molecule has 2 aromatic heterocycles. The molecule has 124 valence electrons. The zero-order valence-electron chi connectivity index (χ0n) is 12.8. The van der Waals surface area contributed by atoms with Crippen molar-refractivity contribution in [3.05, 3.63) is 52.0 Å². The molecule has 0 bridgehead atoms. The topological polar surface area (TPSA) is 54.9 Å². The molecule has 0 unspecified atom stereocenters. The number of halogens is 1. The Morgan fingerprint density at radius 2 is 1.96 bits per heavy atom. The van der Waals surface area contributed by atoms with Gasteiger partial charge in [0.1, 0.15) is 5.82 Å². The van der Waals surface area contributed by atoms with Gasteiger partial charge in [-0.3, -0.25) is 4.79 Å². The summed E-state index contributed by atoms with van der Waals surface area (Å²) in [6.45, 7) is 2.08. The van der Waals surface area contributed by atoms with Crippen molar-refractivity contribution in [2.75, 3.05) is 11.1 Å². The van der Waals surface area contributed by atoms with Gasteiger partial charge in [-0.15, -0.1) is 21.5 Å². The molecule has 4 nitrogen and oxygen atoms in total. The van der Waals surface area contributed by atoms with Crippen LogP contribution >= 0.6 is 34.4 Å². The maximum Gasteiger partial charge on any atom is 0.210 e. The van der Waals surface area contributed by atoms with Crippen molar-refractivity contribution in [1.29, 1.82) is 0 Å². The van der Waals surface area contributed by atoms with E-state index in [2.05, 4.69) is 22.4 Å². The molecule has 0 radical (unpaired) electrons. The average Bonchev–Trinajstić information content (AvgIpc) is 3.24. The third kappa shape index (κ3) is 4.40. The lowest BCUT2D eigenvalue weighted by Crippen LogP contribution is -1.98. The van der Waals surface area contributed by atoms with Crippen LogP contribution in [0.15, 0.2) is 40.7 Å². The molecule has 0 atom stereocenters. The van der Waals surface area contributed by atoms with Crippen LogP contribution in [0, 0.1) is 5.82 Å². The first kappa shape index (κ1) is 17.1. The molecule has 1 aromatic carbocycles. The van der Waals surface area contributed by atoms with Crippen LogP contribution in [0.1, 0.15) is 21.5 Å². The highest BCUT2D eigenvalue weighted by Crippen LogP contribution is 2.29. The number of ketones is 1. The van der Waals surface area contributed by atoms with Crippen molar-refractivity contribution in [2.24, 2.45) is 0 Å². The number of carbonyl (C=O) groups is 1. The van der Waals surface area contributed by atoms with E-state index in [1.165, 1.54) is 40.1 Å². The van der Waals surface area contributed by atoms with E-state index in [1.807, 2.05) is 12.1 Å². The highest BCUT2D eigenvalue weighted by molar-refractivity contribution is 8.01. The second-order valence-electron chi connectivity index (χ2n) is 4.84. The number of aryl methyl sites for hydroxylation is 1. The normalized spacial score (nSPS) is 10.8. The number of Topliss-reactive ketones (excluding diaryl/α,β-unsaturated/α-hetero) is 1. The molecular weight excluding hydrogens is 365 g/mol. The van der Waals surface area contributed by atoms with Crippen LogP contribution in [0.2, 0.25) is 0 Å². The number of hydrogen-bond acceptors (Lipinski definition) is 7. The number of nitrogens with zero attached hydrogens (tertiary/aromatic N) is 2. The molecule has 3 aromatic rings. The fourth-order valence-electron chi connectivity index (χ4n) is 1.89. The van der Waals surface area contributed by atoms with Gasteiger partial charge in [0.25, 0.3) is 0 Å². The van der Waals surface area contributed by atoms with Crippen molar-refractivity contribution >= 4 is 51.0 Å². The predicted octanol–water partition coefficient (Wildman–Crippen LogP) is 5.02. The lowest BCUT2D eigenvalue weighted by atomic mass is 10.3. The van der Waals surface area contributed by atoms with Crippen molar-refractivity contribution in [1.82, 2.24) is 10.2 Å². The Labute approximate surface area is 151 Å². The third-order valence-corrected chi connectivity index (χ3v) is 6.36. The minimum atomic E-state index is -0.285. The number of anilines is 2. The second-order valence-corrected chi connectivity index (χ2v) is 8.20. The first-order valence-corrected chi connectivity index (χ1v) is 9.86. The van der Waals surface area contributed by atoms with Gasteiger partial charge in [-0.05, 0) is 42.8 Å². The third-order valence-electron chi connectivity index (χ3n) is 3.11. The SMILES string of the molecule is CCc1ccc(C(=O)CSc2nnc(Nc3ccc(F)cc3)s2)s1. The zero-order chi connectivity index (χ0) is 16.9. The number of thioether (sulfide) groups is 1. The van der Waals surface area contributed by atoms with E-state index < -0.39 is 0 Å². The zero-order valence-corrected chi connectivity index (χ0v) is 15.2. The van der Waals surface area contributed by atoms with Crippen molar-refractivity contribution < 1.29 is 9.18 Å². The van der Waals surface area contributed by atoms with Crippen molar-refractivity contribution in [3.63, 3.8) is 0 Å². The predicted molar refractivity (Wildman–Crippen MR) is 98.3 cm³/mol. The highest BCUT2D eigenvalue weighted by atomic mass is 32.2. The standard InChI is InChI=1S/C16H14FN3OS3/c1-2-12-7-8-14(23-12)13(21)9-22-16-20-19-15(24-16)18-11-5-3-10(17)4-6-11/h3-8H,2,9H2,1H3,(H,18,19). The van der Waals surface area contributed by atoms with E-state index in [0.29, 0.717) is 10.9 Å². The summed E-state index contributed by atoms with van der Waals surface area (Å²) in [7, 11) is 0. The molecule has 1 N–H and O–H groups in total. The van der Waals surface area contributed by atoms with Gasteiger partial charge in [0, 0.05) is 10.6 Å².